The first-order valence-corrected chi connectivity index (χ1v) is 7.65. The molecule has 2 aromatic rings. The van der Waals surface area contributed by atoms with Gasteiger partial charge in [0.05, 0.1) is 5.69 Å². The predicted molar refractivity (Wildman–Crippen MR) is 82.5 cm³/mol. The number of hydrogen-bond acceptors (Lipinski definition) is 5. The van der Waals surface area contributed by atoms with Gasteiger partial charge in [-0.15, -0.1) is 0 Å². The Balaban J connectivity index is 1.64. The highest BCUT2D eigenvalue weighted by Gasteiger charge is 2.15. The number of benzene rings is 1. The van der Waals surface area contributed by atoms with Crippen LogP contribution in [0, 0.1) is 0 Å². The molecule has 1 unspecified atom stereocenters. The van der Waals surface area contributed by atoms with Crippen molar-refractivity contribution in [2.24, 2.45) is 0 Å². The van der Waals surface area contributed by atoms with Gasteiger partial charge >= 0.3 is 0 Å². The van der Waals surface area contributed by atoms with Crippen molar-refractivity contribution in [1.82, 2.24) is 25.1 Å². The summed E-state index contributed by atoms with van der Waals surface area (Å²) >= 11 is 0. The van der Waals surface area contributed by atoms with E-state index in [9.17, 15) is 0 Å². The Labute approximate surface area is 125 Å². The molecule has 1 fully saturated rings. The molecule has 6 heteroatoms. The molecule has 0 spiro atoms. The van der Waals surface area contributed by atoms with Crippen LogP contribution in [0.1, 0.15) is 26.2 Å². The molecule has 1 saturated heterocycles. The van der Waals surface area contributed by atoms with E-state index in [4.69, 9.17) is 0 Å². The van der Waals surface area contributed by atoms with Crippen molar-refractivity contribution >= 4 is 5.95 Å². The third kappa shape index (κ3) is 3.58. The summed E-state index contributed by atoms with van der Waals surface area (Å²) in [6, 6.07) is 10.3. The minimum atomic E-state index is 0.316. The third-order valence-electron chi connectivity index (χ3n) is 3.83. The lowest BCUT2D eigenvalue weighted by molar-refractivity contribution is 0.223. The number of rotatable bonds is 5. The predicted octanol–water partition coefficient (Wildman–Crippen LogP) is 1.95. The molecule has 3 rings (SSSR count). The van der Waals surface area contributed by atoms with Crippen LogP contribution in [0.15, 0.2) is 30.3 Å². The molecule has 1 aliphatic heterocycles. The molecule has 21 heavy (non-hydrogen) atoms. The molecule has 2 heterocycles. The smallest absolute Gasteiger partial charge is 0.248 e. The summed E-state index contributed by atoms with van der Waals surface area (Å²) in [6.07, 6.45) is 3.99. The van der Waals surface area contributed by atoms with Gasteiger partial charge in [0.15, 0.2) is 0 Å². The fourth-order valence-electron chi connectivity index (χ4n) is 2.82. The summed E-state index contributed by atoms with van der Waals surface area (Å²) in [5, 5.41) is 15.4. The highest BCUT2D eigenvalue weighted by atomic mass is 15.6. The molecule has 1 aromatic carbocycles. The zero-order valence-electron chi connectivity index (χ0n) is 12.4. The normalized spacial score (nSPS) is 17.6. The van der Waals surface area contributed by atoms with Gasteiger partial charge in [-0.1, -0.05) is 29.7 Å². The van der Waals surface area contributed by atoms with Crippen LogP contribution in [-0.4, -0.2) is 50.8 Å². The highest BCUT2D eigenvalue weighted by Crippen LogP contribution is 2.13. The van der Waals surface area contributed by atoms with E-state index in [1.165, 1.54) is 32.4 Å². The molecule has 0 amide bonds. The van der Waals surface area contributed by atoms with Gasteiger partial charge in [-0.25, -0.2) is 0 Å². The number of hydrogen-bond donors (Lipinski definition) is 1. The van der Waals surface area contributed by atoms with Crippen molar-refractivity contribution < 1.29 is 0 Å². The molecule has 0 radical (unpaired) electrons. The van der Waals surface area contributed by atoms with Gasteiger partial charge in [-0.3, -0.25) is 0 Å². The molecule has 1 aliphatic rings. The first-order valence-electron chi connectivity index (χ1n) is 7.65. The Bertz CT molecular complexity index is 546. The average Bonchev–Trinajstić information content (AvgIpc) is 2.97. The van der Waals surface area contributed by atoms with E-state index < -0.39 is 0 Å². The largest absolute Gasteiger partial charge is 0.349 e. The third-order valence-corrected chi connectivity index (χ3v) is 3.83. The topological polar surface area (TPSA) is 58.9 Å². The van der Waals surface area contributed by atoms with Crippen LogP contribution >= 0.6 is 0 Å². The van der Waals surface area contributed by atoms with Gasteiger partial charge in [0, 0.05) is 12.6 Å². The van der Waals surface area contributed by atoms with E-state index in [0.717, 1.165) is 12.2 Å². The molecular weight excluding hydrogens is 264 g/mol. The molecule has 112 valence electrons. The number of likely N-dealkylation sites (tertiary alicyclic amines) is 1. The van der Waals surface area contributed by atoms with Crippen molar-refractivity contribution in [2.75, 3.05) is 25.0 Å². The Morgan fingerprint density at radius 3 is 2.67 bits per heavy atom. The van der Waals surface area contributed by atoms with Crippen molar-refractivity contribution in [2.45, 2.75) is 32.2 Å². The van der Waals surface area contributed by atoms with Gasteiger partial charge in [-0.2, -0.15) is 4.68 Å². The zero-order chi connectivity index (χ0) is 14.5. The van der Waals surface area contributed by atoms with E-state index in [0.29, 0.717) is 12.0 Å². The summed E-state index contributed by atoms with van der Waals surface area (Å²) in [4.78, 5) is 2.51. The van der Waals surface area contributed by atoms with Crippen LogP contribution in [0.2, 0.25) is 0 Å². The van der Waals surface area contributed by atoms with E-state index in [1.807, 2.05) is 30.3 Å². The number of para-hydroxylation sites is 1. The van der Waals surface area contributed by atoms with Gasteiger partial charge in [0.2, 0.25) is 5.95 Å². The summed E-state index contributed by atoms with van der Waals surface area (Å²) in [6.45, 7) is 5.62. The minimum Gasteiger partial charge on any atom is -0.349 e. The quantitative estimate of drug-likeness (QED) is 0.910. The molecule has 1 N–H and O–H groups in total. The van der Waals surface area contributed by atoms with Crippen molar-refractivity contribution in [3.8, 4) is 5.69 Å². The minimum absolute atomic E-state index is 0.316. The lowest BCUT2D eigenvalue weighted by atomic mass is 10.1. The molecule has 1 atom stereocenters. The van der Waals surface area contributed by atoms with Crippen molar-refractivity contribution in [3.63, 3.8) is 0 Å². The Morgan fingerprint density at radius 1 is 1.14 bits per heavy atom. The molecule has 6 nitrogen and oxygen atoms in total. The van der Waals surface area contributed by atoms with Gasteiger partial charge < -0.3 is 10.2 Å². The molecule has 0 aliphatic carbocycles. The van der Waals surface area contributed by atoms with Gasteiger partial charge in [-0.05, 0) is 55.4 Å². The second-order valence-corrected chi connectivity index (χ2v) is 5.66. The molecule has 0 saturated carbocycles. The van der Waals surface area contributed by atoms with Crippen molar-refractivity contribution in [3.05, 3.63) is 30.3 Å². The van der Waals surface area contributed by atoms with Crippen LogP contribution < -0.4 is 5.32 Å². The molecular formula is C15H22N6. The average molecular weight is 286 g/mol. The Kier molecular flexibility index (Phi) is 4.45. The summed E-state index contributed by atoms with van der Waals surface area (Å²) in [5.41, 5.74) is 0.968. The van der Waals surface area contributed by atoms with E-state index in [2.05, 4.69) is 32.7 Å². The number of piperidine rings is 1. The van der Waals surface area contributed by atoms with Gasteiger partial charge in [0.1, 0.15) is 0 Å². The maximum Gasteiger partial charge on any atom is 0.248 e. The summed E-state index contributed by atoms with van der Waals surface area (Å²) in [7, 11) is 0. The number of nitrogens with zero attached hydrogens (tertiary/aromatic N) is 5. The summed E-state index contributed by atoms with van der Waals surface area (Å²) in [5.74, 6) is 0.700. The van der Waals surface area contributed by atoms with E-state index in [-0.39, 0.29) is 0 Å². The van der Waals surface area contributed by atoms with Crippen LogP contribution in [-0.2, 0) is 0 Å². The monoisotopic (exact) mass is 286 g/mol. The van der Waals surface area contributed by atoms with Crippen LogP contribution in [0.25, 0.3) is 5.69 Å². The zero-order valence-corrected chi connectivity index (χ0v) is 12.4. The lowest BCUT2D eigenvalue weighted by Crippen LogP contribution is -2.38. The fraction of sp³-hybridized carbons (Fsp3) is 0.533. The lowest BCUT2D eigenvalue weighted by Gasteiger charge is -2.29. The van der Waals surface area contributed by atoms with Gasteiger partial charge in [0.25, 0.3) is 0 Å². The maximum atomic E-state index is 4.10. The number of anilines is 1. The second-order valence-electron chi connectivity index (χ2n) is 5.66. The summed E-state index contributed by atoms with van der Waals surface area (Å²) < 4.78 is 1.74. The van der Waals surface area contributed by atoms with Crippen LogP contribution in [0.4, 0.5) is 5.95 Å². The number of nitrogens with one attached hydrogen (secondary N) is 1. The Morgan fingerprint density at radius 2 is 1.90 bits per heavy atom. The highest BCUT2D eigenvalue weighted by molar-refractivity contribution is 5.38. The van der Waals surface area contributed by atoms with Crippen LogP contribution in [0.3, 0.4) is 0 Å². The van der Waals surface area contributed by atoms with Crippen LogP contribution in [0.5, 0.6) is 0 Å². The fourth-order valence-corrected chi connectivity index (χ4v) is 2.82. The number of aromatic nitrogens is 4. The Hall–Kier alpha value is -1.95. The maximum absolute atomic E-state index is 4.10. The molecule has 1 aromatic heterocycles. The number of tetrazole rings is 1. The van der Waals surface area contributed by atoms with E-state index in [1.54, 1.807) is 4.68 Å². The first kappa shape index (κ1) is 14.0. The van der Waals surface area contributed by atoms with E-state index >= 15 is 0 Å². The SMILES string of the molecule is CC(CN1CCCCC1)Nc1nnnn1-c1ccccc1. The first-order chi connectivity index (χ1) is 10.3. The standard InChI is InChI=1S/C15H22N6/c1-13(12-20-10-6-3-7-11-20)16-15-17-18-19-21(15)14-8-4-2-5-9-14/h2,4-5,8-9,13H,3,6-7,10-12H2,1H3,(H,16,17,19). The molecule has 0 bridgehead atoms. The van der Waals surface area contributed by atoms with Crippen molar-refractivity contribution in [1.29, 1.82) is 0 Å². The second kappa shape index (κ2) is 6.67.